The van der Waals surface area contributed by atoms with E-state index in [0.29, 0.717) is 0 Å². The van der Waals surface area contributed by atoms with Gasteiger partial charge >= 0.3 is 6.01 Å². The largest absolute Gasteiger partial charge is 0.467 e. The Labute approximate surface area is 83.3 Å². The van der Waals surface area contributed by atoms with Gasteiger partial charge in [0.05, 0.1) is 7.11 Å². The highest BCUT2D eigenvalue weighted by Gasteiger charge is 2.17. The molecule has 0 spiro atoms. The predicted octanol–water partition coefficient (Wildman–Crippen LogP) is 0.461. The first kappa shape index (κ1) is 10.4. The van der Waals surface area contributed by atoms with E-state index in [1.165, 1.54) is 7.11 Å². The van der Waals surface area contributed by atoms with E-state index in [9.17, 15) is 8.42 Å². The van der Waals surface area contributed by atoms with Crippen LogP contribution in [-0.4, -0.2) is 30.5 Å². The van der Waals surface area contributed by atoms with Crippen molar-refractivity contribution in [3.63, 3.8) is 0 Å². The van der Waals surface area contributed by atoms with Crippen molar-refractivity contribution in [2.75, 3.05) is 7.11 Å². The van der Waals surface area contributed by atoms with Gasteiger partial charge in [0.2, 0.25) is 5.28 Å². The highest BCUT2D eigenvalue weighted by atomic mass is 35.7. The maximum Gasteiger partial charge on any atom is 0.321 e. The van der Waals surface area contributed by atoms with Crippen LogP contribution in [0.1, 0.15) is 0 Å². The average Bonchev–Trinajstić information content (AvgIpc) is 2.01. The van der Waals surface area contributed by atoms with Crippen molar-refractivity contribution in [3.05, 3.63) is 5.28 Å². The topological polar surface area (TPSA) is 82.0 Å². The Hall–Kier alpha value is -0.660. The van der Waals surface area contributed by atoms with Crippen molar-refractivity contribution < 1.29 is 13.2 Å². The molecule has 0 N–H and O–H groups in total. The quantitative estimate of drug-likeness (QED) is 0.703. The van der Waals surface area contributed by atoms with Gasteiger partial charge in [-0.3, -0.25) is 0 Å². The highest BCUT2D eigenvalue weighted by Crippen LogP contribution is 2.14. The molecule has 0 aliphatic rings. The third-order valence-corrected chi connectivity index (χ3v) is 2.17. The molecule has 0 fully saturated rings. The van der Waals surface area contributed by atoms with Crippen LogP contribution in [0.3, 0.4) is 0 Å². The summed E-state index contributed by atoms with van der Waals surface area (Å²) in [5, 5.41) is -0.933. The van der Waals surface area contributed by atoms with Crippen LogP contribution in [-0.2, 0) is 9.05 Å². The monoisotopic (exact) mass is 243 g/mol. The molecular weight excluding hydrogens is 241 g/mol. The minimum Gasteiger partial charge on any atom is -0.467 e. The maximum atomic E-state index is 10.8. The molecule has 1 heterocycles. The first-order chi connectivity index (χ1) is 5.93. The van der Waals surface area contributed by atoms with Crippen molar-refractivity contribution in [1.82, 2.24) is 15.0 Å². The fourth-order valence-electron chi connectivity index (χ4n) is 0.515. The van der Waals surface area contributed by atoms with Gasteiger partial charge in [0, 0.05) is 10.7 Å². The van der Waals surface area contributed by atoms with Gasteiger partial charge in [-0.1, -0.05) is 0 Å². The van der Waals surface area contributed by atoms with Gasteiger partial charge in [-0.25, -0.2) is 8.42 Å². The molecule has 0 atom stereocenters. The van der Waals surface area contributed by atoms with Gasteiger partial charge < -0.3 is 4.74 Å². The second kappa shape index (κ2) is 3.60. The molecule has 0 aromatic carbocycles. The van der Waals surface area contributed by atoms with Crippen LogP contribution in [0.25, 0.3) is 0 Å². The van der Waals surface area contributed by atoms with Crippen molar-refractivity contribution >= 4 is 31.3 Å². The molecule has 0 radical (unpaired) electrons. The third kappa shape index (κ3) is 2.64. The lowest BCUT2D eigenvalue weighted by Gasteiger charge is -1.98. The van der Waals surface area contributed by atoms with Gasteiger partial charge in [0.15, 0.2) is 0 Å². The predicted molar refractivity (Wildman–Crippen MR) is 44.4 cm³/mol. The molecule has 6 nitrogen and oxygen atoms in total. The summed E-state index contributed by atoms with van der Waals surface area (Å²) in [6, 6.07) is -0.209. The lowest BCUT2D eigenvalue weighted by molar-refractivity contribution is 0.372. The maximum absolute atomic E-state index is 10.8. The molecule has 0 aliphatic carbocycles. The van der Waals surface area contributed by atoms with Gasteiger partial charge in [-0.15, -0.1) is 0 Å². The second-order valence-corrected chi connectivity index (χ2v) is 4.61. The van der Waals surface area contributed by atoms with Crippen LogP contribution in [0.4, 0.5) is 0 Å². The van der Waals surface area contributed by atoms with Crippen molar-refractivity contribution in [3.8, 4) is 6.01 Å². The molecule has 1 aromatic heterocycles. The zero-order chi connectivity index (χ0) is 10.1. The van der Waals surface area contributed by atoms with E-state index in [4.69, 9.17) is 22.3 Å². The van der Waals surface area contributed by atoms with Crippen LogP contribution in [0, 0.1) is 0 Å². The summed E-state index contributed by atoms with van der Waals surface area (Å²) in [7, 11) is 2.21. The van der Waals surface area contributed by atoms with Crippen LogP contribution in [0.15, 0.2) is 5.16 Å². The molecular formula is C4H3Cl2N3O3S. The van der Waals surface area contributed by atoms with Crippen LogP contribution < -0.4 is 4.74 Å². The molecule has 0 unspecified atom stereocenters. The first-order valence-corrected chi connectivity index (χ1v) is 5.52. The Morgan fingerprint density at radius 2 is 1.92 bits per heavy atom. The van der Waals surface area contributed by atoms with E-state index in [-0.39, 0.29) is 11.3 Å². The molecule has 0 saturated carbocycles. The number of ether oxygens (including phenoxy) is 1. The van der Waals surface area contributed by atoms with Crippen molar-refractivity contribution in [2.45, 2.75) is 5.16 Å². The molecule has 13 heavy (non-hydrogen) atoms. The smallest absolute Gasteiger partial charge is 0.321 e. The number of aromatic nitrogens is 3. The summed E-state index contributed by atoms with van der Waals surface area (Å²) in [5.41, 5.74) is 0. The SMILES string of the molecule is COc1nc(Cl)nc(S(=O)(=O)Cl)n1. The lowest BCUT2D eigenvalue weighted by atomic mass is 11.0. The average molecular weight is 244 g/mol. The standard InChI is InChI=1S/C4H3Cl2N3O3S/c1-12-3-7-2(5)8-4(9-3)13(6,10)11/h1H3. The van der Waals surface area contributed by atoms with Gasteiger partial charge in [-0.2, -0.15) is 15.0 Å². The lowest BCUT2D eigenvalue weighted by Crippen LogP contribution is -2.03. The van der Waals surface area contributed by atoms with Gasteiger partial charge in [-0.05, 0) is 11.6 Å². The molecule has 0 bridgehead atoms. The van der Waals surface area contributed by atoms with Crippen LogP contribution in [0.5, 0.6) is 6.01 Å². The minimum atomic E-state index is -4.01. The van der Waals surface area contributed by atoms with Crippen LogP contribution >= 0.6 is 22.3 Å². The molecule has 0 aliphatic heterocycles. The summed E-state index contributed by atoms with van der Waals surface area (Å²) in [6.07, 6.45) is 0. The first-order valence-electron chi connectivity index (χ1n) is 2.83. The number of rotatable bonds is 2. The number of halogens is 2. The van der Waals surface area contributed by atoms with E-state index in [2.05, 4.69) is 19.7 Å². The Balaban J connectivity index is 3.33. The molecule has 9 heteroatoms. The zero-order valence-electron chi connectivity index (χ0n) is 6.23. The second-order valence-electron chi connectivity index (χ2n) is 1.81. The van der Waals surface area contributed by atoms with E-state index < -0.39 is 14.2 Å². The van der Waals surface area contributed by atoms with E-state index in [1.807, 2.05) is 0 Å². The van der Waals surface area contributed by atoms with Crippen molar-refractivity contribution in [2.24, 2.45) is 0 Å². The summed E-state index contributed by atoms with van der Waals surface area (Å²) >= 11 is 5.37. The number of hydrogen-bond acceptors (Lipinski definition) is 6. The number of methoxy groups -OCH3 is 1. The number of hydrogen-bond donors (Lipinski definition) is 0. The zero-order valence-corrected chi connectivity index (χ0v) is 8.56. The fraction of sp³-hybridized carbons (Fsp3) is 0.250. The molecule has 1 aromatic rings. The van der Waals surface area contributed by atoms with E-state index >= 15 is 0 Å². The van der Waals surface area contributed by atoms with Gasteiger partial charge in [0.1, 0.15) is 0 Å². The number of nitrogens with zero attached hydrogens (tertiary/aromatic N) is 3. The molecule has 1 rings (SSSR count). The Kier molecular flexibility index (Phi) is 2.89. The Morgan fingerprint density at radius 1 is 1.31 bits per heavy atom. The molecule has 0 saturated heterocycles. The van der Waals surface area contributed by atoms with Gasteiger partial charge in [0.25, 0.3) is 14.2 Å². The Morgan fingerprint density at radius 3 is 2.38 bits per heavy atom. The summed E-state index contributed by atoms with van der Waals surface area (Å²) in [4.78, 5) is 10.1. The third-order valence-electron chi connectivity index (χ3n) is 0.968. The minimum absolute atomic E-state index is 0.209. The molecule has 72 valence electrons. The fourth-order valence-corrected chi connectivity index (χ4v) is 1.31. The Bertz CT molecular complexity index is 421. The van der Waals surface area contributed by atoms with E-state index in [1.54, 1.807) is 0 Å². The molecule has 0 amide bonds. The summed E-state index contributed by atoms with van der Waals surface area (Å²) < 4.78 is 26.1. The van der Waals surface area contributed by atoms with Crippen molar-refractivity contribution in [1.29, 1.82) is 0 Å². The van der Waals surface area contributed by atoms with E-state index in [0.717, 1.165) is 0 Å². The summed E-state index contributed by atoms with van der Waals surface area (Å²) in [5.74, 6) is 0. The highest BCUT2D eigenvalue weighted by molar-refractivity contribution is 8.13. The normalized spacial score (nSPS) is 11.3. The summed E-state index contributed by atoms with van der Waals surface area (Å²) in [6.45, 7) is 0. The van der Waals surface area contributed by atoms with Crippen LogP contribution in [0.2, 0.25) is 5.28 Å².